The van der Waals surface area contributed by atoms with Crippen LogP contribution in [0.5, 0.6) is 5.75 Å². The van der Waals surface area contributed by atoms with Gasteiger partial charge in [0.05, 0.1) is 30.4 Å². The van der Waals surface area contributed by atoms with Gasteiger partial charge in [0.1, 0.15) is 5.75 Å². The van der Waals surface area contributed by atoms with E-state index in [0.717, 1.165) is 22.4 Å². The number of amidine groups is 1. The number of ether oxygens (including phenoxy) is 2. The molecule has 0 atom stereocenters. The summed E-state index contributed by atoms with van der Waals surface area (Å²) in [5.74, 6) is 0.348. The molecule has 0 N–H and O–H groups in total. The van der Waals surface area contributed by atoms with E-state index in [2.05, 4.69) is 0 Å². The summed E-state index contributed by atoms with van der Waals surface area (Å²) in [4.78, 5) is 35.0. The Bertz CT molecular complexity index is 1350. The number of rotatable bonds is 7. The average Bonchev–Trinajstić information content (AvgIpc) is 3.23. The summed E-state index contributed by atoms with van der Waals surface area (Å²) in [5.41, 5.74) is 3.68. The molecule has 0 spiro atoms. The normalized spacial score (nSPS) is 17.9. The highest BCUT2D eigenvalue weighted by Gasteiger charge is 2.33. The Morgan fingerprint density at radius 1 is 1.00 bits per heavy atom. The highest BCUT2D eigenvalue weighted by Crippen LogP contribution is 2.36. The van der Waals surface area contributed by atoms with Crippen LogP contribution in [0.3, 0.4) is 0 Å². The number of para-hydroxylation sites is 1. The highest BCUT2D eigenvalue weighted by atomic mass is 32.2. The van der Waals surface area contributed by atoms with Gasteiger partial charge in [0.2, 0.25) is 0 Å². The predicted octanol–water partition coefficient (Wildman–Crippen LogP) is 5.04. The first kappa shape index (κ1) is 25.8. The third kappa shape index (κ3) is 6.33. The molecule has 0 saturated carbocycles. The van der Waals surface area contributed by atoms with Crippen molar-refractivity contribution in [2.45, 2.75) is 13.5 Å². The third-order valence-electron chi connectivity index (χ3n) is 6.25. The zero-order valence-corrected chi connectivity index (χ0v) is 22.0. The maximum Gasteiger partial charge on any atom is 0.267 e. The van der Waals surface area contributed by atoms with E-state index < -0.39 is 0 Å². The van der Waals surface area contributed by atoms with Crippen LogP contribution in [0.1, 0.15) is 16.7 Å². The first-order valence-corrected chi connectivity index (χ1v) is 13.4. The van der Waals surface area contributed by atoms with Crippen molar-refractivity contribution in [3.05, 3.63) is 100 Å². The van der Waals surface area contributed by atoms with E-state index in [1.54, 1.807) is 9.80 Å². The SMILES string of the molecule is Cc1ccc(N=C2S/C(=C\c3ccccc3OCC(=O)N3CCOCC3)C(=O)N2Cc2ccccc2)cc1. The van der Waals surface area contributed by atoms with Gasteiger partial charge in [-0.25, -0.2) is 4.99 Å². The van der Waals surface area contributed by atoms with Crippen molar-refractivity contribution in [3.63, 3.8) is 0 Å². The number of aliphatic imine (C=N–C) groups is 1. The second-order valence-electron chi connectivity index (χ2n) is 9.04. The summed E-state index contributed by atoms with van der Waals surface area (Å²) in [5, 5.41) is 0.620. The largest absolute Gasteiger partial charge is 0.483 e. The summed E-state index contributed by atoms with van der Waals surface area (Å²) in [6.45, 7) is 4.60. The van der Waals surface area contributed by atoms with Gasteiger partial charge in [-0.15, -0.1) is 0 Å². The fourth-order valence-corrected chi connectivity index (χ4v) is 5.13. The molecular weight excluding hydrogens is 498 g/mol. The molecule has 0 radical (unpaired) electrons. The van der Waals surface area contributed by atoms with E-state index in [9.17, 15) is 9.59 Å². The first-order valence-electron chi connectivity index (χ1n) is 12.5. The van der Waals surface area contributed by atoms with E-state index in [1.165, 1.54) is 11.8 Å². The molecule has 2 fully saturated rings. The smallest absolute Gasteiger partial charge is 0.267 e. The monoisotopic (exact) mass is 527 g/mol. The number of hydrogen-bond donors (Lipinski definition) is 0. The van der Waals surface area contributed by atoms with E-state index in [-0.39, 0.29) is 18.4 Å². The fourth-order valence-electron chi connectivity index (χ4n) is 4.14. The number of morpholine rings is 1. The van der Waals surface area contributed by atoms with Crippen molar-refractivity contribution >= 4 is 40.5 Å². The predicted molar refractivity (Wildman–Crippen MR) is 150 cm³/mol. The molecule has 7 nitrogen and oxygen atoms in total. The summed E-state index contributed by atoms with van der Waals surface area (Å²) in [6.07, 6.45) is 1.82. The molecule has 2 aliphatic heterocycles. The molecule has 0 unspecified atom stereocenters. The Balaban J connectivity index is 1.39. The van der Waals surface area contributed by atoms with Crippen molar-refractivity contribution in [2.24, 2.45) is 4.99 Å². The van der Waals surface area contributed by atoms with E-state index in [1.807, 2.05) is 91.9 Å². The number of carbonyl (C=O) groups is 2. The van der Waals surface area contributed by atoms with Crippen LogP contribution in [0, 0.1) is 6.92 Å². The summed E-state index contributed by atoms with van der Waals surface area (Å²) in [6, 6.07) is 25.2. The lowest BCUT2D eigenvalue weighted by Crippen LogP contribution is -2.43. The van der Waals surface area contributed by atoms with Crippen LogP contribution in [-0.4, -0.2) is 59.7 Å². The molecule has 8 heteroatoms. The Morgan fingerprint density at radius 2 is 1.71 bits per heavy atom. The number of benzene rings is 3. The second kappa shape index (κ2) is 12.1. The highest BCUT2D eigenvalue weighted by molar-refractivity contribution is 8.18. The molecular formula is C30H29N3O4S. The van der Waals surface area contributed by atoms with Gasteiger partial charge >= 0.3 is 0 Å². The molecule has 0 aromatic heterocycles. The minimum atomic E-state index is -0.121. The number of hydrogen-bond acceptors (Lipinski definition) is 6. The zero-order valence-electron chi connectivity index (χ0n) is 21.2. The number of amides is 2. The van der Waals surface area contributed by atoms with E-state index >= 15 is 0 Å². The van der Waals surface area contributed by atoms with Crippen LogP contribution >= 0.6 is 11.8 Å². The number of nitrogens with zero attached hydrogens (tertiary/aromatic N) is 3. The summed E-state index contributed by atoms with van der Waals surface area (Å²) < 4.78 is 11.2. The maximum atomic E-state index is 13.6. The molecule has 0 bridgehead atoms. The molecule has 0 aliphatic carbocycles. The molecule has 2 aliphatic rings. The quantitative estimate of drug-likeness (QED) is 0.403. The van der Waals surface area contributed by atoms with Crippen molar-refractivity contribution < 1.29 is 19.1 Å². The summed E-state index contributed by atoms with van der Waals surface area (Å²) in [7, 11) is 0. The van der Waals surface area contributed by atoms with Crippen molar-refractivity contribution in [3.8, 4) is 5.75 Å². The lowest BCUT2D eigenvalue weighted by molar-refractivity contribution is -0.137. The van der Waals surface area contributed by atoms with Gasteiger partial charge in [-0.1, -0.05) is 66.2 Å². The van der Waals surface area contributed by atoms with Gasteiger partial charge in [0.15, 0.2) is 11.8 Å². The van der Waals surface area contributed by atoms with E-state index in [4.69, 9.17) is 14.5 Å². The van der Waals surface area contributed by atoms with Gasteiger partial charge in [0, 0.05) is 18.7 Å². The van der Waals surface area contributed by atoms with Crippen molar-refractivity contribution in [2.75, 3.05) is 32.9 Å². The maximum absolute atomic E-state index is 13.6. The molecule has 2 saturated heterocycles. The number of carbonyl (C=O) groups excluding carboxylic acids is 2. The lowest BCUT2D eigenvalue weighted by atomic mass is 10.1. The Morgan fingerprint density at radius 3 is 2.47 bits per heavy atom. The van der Waals surface area contributed by atoms with E-state index in [0.29, 0.717) is 48.7 Å². The minimum absolute atomic E-state index is 0.0679. The Hall–Kier alpha value is -3.88. The topological polar surface area (TPSA) is 71.4 Å². The minimum Gasteiger partial charge on any atom is -0.483 e. The van der Waals surface area contributed by atoms with Crippen molar-refractivity contribution in [1.29, 1.82) is 0 Å². The Labute approximate surface area is 226 Å². The van der Waals surface area contributed by atoms with Crippen LogP contribution in [0.4, 0.5) is 5.69 Å². The molecule has 5 rings (SSSR count). The van der Waals surface area contributed by atoms with Crippen LogP contribution < -0.4 is 4.74 Å². The summed E-state index contributed by atoms with van der Waals surface area (Å²) >= 11 is 1.34. The first-order chi connectivity index (χ1) is 18.6. The standard InChI is InChI=1S/C30H29N3O4S/c1-22-11-13-25(14-12-22)31-30-33(20-23-7-3-2-4-8-23)29(35)27(38-30)19-24-9-5-6-10-26(24)37-21-28(34)32-15-17-36-18-16-32/h2-14,19H,15-18,20-21H2,1H3/b27-19-,31-30?. The second-order valence-corrected chi connectivity index (χ2v) is 10.0. The van der Waals surface area contributed by atoms with Gasteiger partial charge in [-0.3, -0.25) is 14.5 Å². The molecule has 2 heterocycles. The number of thioether (sulfide) groups is 1. The third-order valence-corrected chi connectivity index (χ3v) is 7.26. The van der Waals surface area contributed by atoms with Gasteiger partial charge < -0.3 is 14.4 Å². The molecule has 3 aromatic carbocycles. The lowest BCUT2D eigenvalue weighted by Gasteiger charge is -2.26. The zero-order chi connectivity index (χ0) is 26.3. The molecule has 2 amide bonds. The number of aryl methyl sites for hydroxylation is 1. The molecule has 38 heavy (non-hydrogen) atoms. The van der Waals surface area contributed by atoms with Crippen molar-refractivity contribution in [1.82, 2.24) is 9.80 Å². The van der Waals surface area contributed by atoms with Gasteiger partial charge in [-0.05, 0) is 48.5 Å². The van der Waals surface area contributed by atoms with Crippen LogP contribution in [-0.2, 0) is 20.9 Å². The van der Waals surface area contributed by atoms with Crippen LogP contribution in [0.25, 0.3) is 6.08 Å². The Kier molecular flexibility index (Phi) is 8.21. The average molecular weight is 528 g/mol. The fraction of sp³-hybridized carbons (Fsp3) is 0.233. The van der Waals surface area contributed by atoms with Crippen LogP contribution in [0.15, 0.2) is 88.8 Å². The van der Waals surface area contributed by atoms with Crippen LogP contribution in [0.2, 0.25) is 0 Å². The van der Waals surface area contributed by atoms with Gasteiger partial charge in [0.25, 0.3) is 11.8 Å². The molecule has 194 valence electrons. The molecule has 3 aromatic rings. The van der Waals surface area contributed by atoms with Gasteiger partial charge in [-0.2, -0.15) is 0 Å².